The maximum absolute atomic E-state index is 13.4. The summed E-state index contributed by atoms with van der Waals surface area (Å²) in [6.45, 7) is 2.39. The molecule has 0 spiro atoms. The van der Waals surface area contributed by atoms with E-state index in [-0.39, 0.29) is 26.1 Å². The summed E-state index contributed by atoms with van der Waals surface area (Å²) < 4.78 is 38.0. The predicted molar refractivity (Wildman–Crippen MR) is 141 cm³/mol. The molecule has 2 aliphatic rings. The molecule has 230 valence electrons. The van der Waals surface area contributed by atoms with Crippen LogP contribution in [-0.2, 0) is 52.3 Å². The Kier molecular flexibility index (Phi) is 12.3. The molecule has 14 nitrogen and oxygen atoms in total. The van der Waals surface area contributed by atoms with Crippen LogP contribution in [0.1, 0.15) is 26.7 Å². The van der Waals surface area contributed by atoms with Crippen molar-refractivity contribution in [1.82, 2.24) is 0 Å². The van der Waals surface area contributed by atoms with Crippen molar-refractivity contribution in [3.63, 3.8) is 0 Å². The number of para-hydroxylation sites is 1. The zero-order valence-electron chi connectivity index (χ0n) is 23.5. The second-order valence-electron chi connectivity index (χ2n) is 9.18. The van der Waals surface area contributed by atoms with Gasteiger partial charge in [-0.15, -0.1) is 0 Å². The van der Waals surface area contributed by atoms with Crippen LogP contribution in [0.25, 0.3) is 0 Å². The number of aliphatic hydroxyl groups excluding tert-OH is 1. The second-order valence-corrected chi connectivity index (χ2v) is 9.18. The summed E-state index contributed by atoms with van der Waals surface area (Å²) in [5.41, 5.74) is 0.375. The molecule has 0 unspecified atom stereocenters. The van der Waals surface area contributed by atoms with Crippen molar-refractivity contribution < 1.29 is 62.2 Å². The first-order valence-corrected chi connectivity index (χ1v) is 13.4. The third-order valence-electron chi connectivity index (χ3n) is 6.39. The molecule has 0 bridgehead atoms. The zero-order chi connectivity index (χ0) is 30.6. The van der Waals surface area contributed by atoms with Gasteiger partial charge in [-0.25, -0.2) is 4.79 Å². The van der Waals surface area contributed by atoms with Crippen molar-refractivity contribution in [2.45, 2.75) is 57.4 Å². The van der Waals surface area contributed by atoms with E-state index in [0.717, 1.165) is 0 Å². The first-order chi connectivity index (χ1) is 20.2. The fraction of sp³-hybridized carbons (Fsp3) is 0.536. The number of amides is 1. The zero-order valence-corrected chi connectivity index (χ0v) is 23.5. The molecule has 1 aromatic rings. The van der Waals surface area contributed by atoms with Gasteiger partial charge >= 0.3 is 30.0 Å². The average Bonchev–Trinajstić information content (AvgIpc) is 2.96. The van der Waals surface area contributed by atoms with E-state index in [1.807, 2.05) is 0 Å². The SMILES string of the molecule is CCOC(=O)[C@H]1C/C=C\C[C@H](C(=O)OCC)C(=O)O[C@H]2[C@@H](OC)O[C@H](CO)[C@@H](OC(=O)Nc3ccccc3)[C@@H]2OC1=O. The lowest BCUT2D eigenvalue weighted by atomic mass is 9.96. The summed E-state index contributed by atoms with van der Waals surface area (Å²) in [4.78, 5) is 64.9. The van der Waals surface area contributed by atoms with Crippen LogP contribution in [0.15, 0.2) is 42.5 Å². The molecule has 1 saturated heterocycles. The molecule has 2 aliphatic heterocycles. The van der Waals surface area contributed by atoms with Crippen molar-refractivity contribution in [3.05, 3.63) is 42.5 Å². The Morgan fingerprint density at radius 2 is 1.45 bits per heavy atom. The van der Waals surface area contributed by atoms with Gasteiger partial charge < -0.3 is 38.3 Å². The van der Waals surface area contributed by atoms with Gasteiger partial charge in [-0.2, -0.15) is 0 Å². The van der Waals surface area contributed by atoms with E-state index in [1.54, 1.807) is 44.2 Å². The monoisotopic (exact) mass is 593 g/mol. The van der Waals surface area contributed by atoms with Crippen LogP contribution >= 0.6 is 0 Å². The topological polar surface area (TPSA) is 182 Å². The third kappa shape index (κ3) is 8.27. The Balaban J connectivity index is 2.04. The lowest BCUT2D eigenvalue weighted by Crippen LogP contribution is -2.63. The first-order valence-electron chi connectivity index (χ1n) is 13.4. The molecule has 42 heavy (non-hydrogen) atoms. The molecule has 0 saturated carbocycles. The predicted octanol–water partition coefficient (Wildman–Crippen LogP) is 1.50. The first kappa shape index (κ1) is 32.5. The van der Waals surface area contributed by atoms with E-state index >= 15 is 0 Å². The number of benzene rings is 1. The third-order valence-corrected chi connectivity index (χ3v) is 6.39. The number of carbonyl (C=O) groups excluding carboxylic acids is 5. The van der Waals surface area contributed by atoms with Crippen molar-refractivity contribution in [2.24, 2.45) is 11.8 Å². The molecule has 1 fully saturated rings. The fourth-order valence-electron chi connectivity index (χ4n) is 4.37. The standard InChI is InChI=1S/C28H35NO13/c1-4-37-23(31)17-13-9-10-14-18(24(32)38-5-2)26(34)41-22-21(40-25(17)33)20(19(15-30)39-27(22)36-3)42-28(35)29-16-11-7-6-8-12-16/h6-12,17-22,27,30H,4-5,13-15H2,1-3H3,(H,29,35)/b10-9-/t17-,18-,19-,20-,21+,22-,27+/m1/s1. The number of carbonyl (C=O) groups is 5. The summed E-state index contributed by atoms with van der Waals surface area (Å²) in [5, 5.41) is 12.6. The number of hydrogen-bond donors (Lipinski definition) is 2. The van der Waals surface area contributed by atoms with Gasteiger partial charge in [-0.1, -0.05) is 30.4 Å². The fourth-order valence-corrected chi connectivity index (χ4v) is 4.37. The van der Waals surface area contributed by atoms with Crippen LogP contribution in [-0.4, -0.2) is 92.7 Å². The lowest BCUT2D eigenvalue weighted by Gasteiger charge is -2.44. The number of esters is 4. The van der Waals surface area contributed by atoms with Gasteiger partial charge in [0.25, 0.3) is 0 Å². The highest BCUT2D eigenvalue weighted by Gasteiger charge is 2.54. The van der Waals surface area contributed by atoms with Crippen LogP contribution in [0.4, 0.5) is 10.5 Å². The highest BCUT2D eigenvalue weighted by atomic mass is 16.7. The molecule has 0 aromatic heterocycles. The van der Waals surface area contributed by atoms with E-state index in [2.05, 4.69) is 5.32 Å². The minimum absolute atomic E-state index is 0.00461. The van der Waals surface area contributed by atoms with E-state index in [4.69, 9.17) is 33.2 Å². The minimum atomic E-state index is -1.65. The molecule has 2 N–H and O–H groups in total. The summed E-state index contributed by atoms with van der Waals surface area (Å²) in [6, 6.07) is 8.27. The molecule has 14 heteroatoms. The van der Waals surface area contributed by atoms with E-state index in [9.17, 15) is 29.1 Å². The minimum Gasteiger partial charge on any atom is -0.465 e. The quantitative estimate of drug-likeness (QED) is 0.192. The normalized spacial score (nSPS) is 28.8. The summed E-state index contributed by atoms with van der Waals surface area (Å²) in [5.74, 6) is -6.74. The molecule has 1 aromatic carbocycles. The number of allylic oxidation sites excluding steroid dienone is 2. The number of aliphatic hydroxyl groups is 1. The van der Waals surface area contributed by atoms with E-state index in [1.165, 1.54) is 19.3 Å². The van der Waals surface area contributed by atoms with Crippen LogP contribution in [0.5, 0.6) is 0 Å². The Bertz CT molecular complexity index is 1120. The molecule has 7 atom stereocenters. The molecular weight excluding hydrogens is 558 g/mol. The molecule has 2 heterocycles. The maximum atomic E-state index is 13.4. The average molecular weight is 594 g/mol. The van der Waals surface area contributed by atoms with Gasteiger partial charge in [0, 0.05) is 12.8 Å². The molecule has 0 radical (unpaired) electrons. The maximum Gasteiger partial charge on any atom is 0.412 e. The number of nitrogens with one attached hydrogen (secondary N) is 1. The summed E-state index contributed by atoms with van der Waals surface area (Å²) in [7, 11) is 1.21. The largest absolute Gasteiger partial charge is 0.465 e. The summed E-state index contributed by atoms with van der Waals surface area (Å²) >= 11 is 0. The van der Waals surface area contributed by atoms with Gasteiger partial charge in [0.15, 0.2) is 36.4 Å². The van der Waals surface area contributed by atoms with Crippen molar-refractivity contribution in [3.8, 4) is 0 Å². The molecule has 0 aliphatic carbocycles. The summed E-state index contributed by atoms with van der Waals surface area (Å²) in [6.07, 6.45) is -6.07. The number of methoxy groups -OCH3 is 1. The Hall–Kier alpha value is -4.01. The highest BCUT2D eigenvalue weighted by molar-refractivity contribution is 5.96. The van der Waals surface area contributed by atoms with Gasteiger partial charge in [0.05, 0.1) is 19.8 Å². The van der Waals surface area contributed by atoms with Crippen molar-refractivity contribution >= 4 is 35.7 Å². The number of fused-ring (bicyclic) bond motifs is 1. The second kappa shape index (κ2) is 15.8. The Labute approximate surface area is 242 Å². The molecular formula is C28H35NO13. The number of hydrogen-bond acceptors (Lipinski definition) is 13. The van der Waals surface area contributed by atoms with Crippen molar-refractivity contribution in [1.29, 1.82) is 0 Å². The Morgan fingerprint density at radius 3 is 1.95 bits per heavy atom. The van der Waals surface area contributed by atoms with E-state index < -0.39 is 79.1 Å². The van der Waals surface area contributed by atoms with Crippen molar-refractivity contribution in [2.75, 3.05) is 32.2 Å². The highest BCUT2D eigenvalue weighted by Crippen LogP contribution is 2.31. The van der Waals surface area contributed by atoms with Gasteiger partial charge in [-0.3, -0.25) is 24.5 Å². The van der Waals surface area contributed by atoms with Crippen LogP contribution < -0.4 is 5.32 Å². The van der Waals surface area contributed by atoms with Gasteiger partial charge in [0.2, 0.25) is 0 Å². The smallest absolute Gasteiger partial charge is 0.412 e. The van der Waals surface area contributed by atoms with E-state index in [0.29, 0.717) is 5.69 Å². The van der Waals surface area contributed by atoms with Gasteiger partial charge in [0.1, 0.15) is 6.10 Å². The van der Waals surface area contributed by atoms with Crippen LogP contribution in [0.3, 0.4) is 0 Å². The number of rotatable bonds is 8. The van der Waals surface area contributed by atoms with Gasteiger partial charge in [-0.05, 0) is 38.8 Å². The Morgan fingerprint density at radius 1 is 0.905 bits per heavy atom. The molecule has 1 amide bonds. The number of anilines is 1. The molecule has 3 rings (SSSR count). The lowest BCUT2D eigenvalue weighted by molar-refractivity contribution is -0.300. The van der Waals surface area contributed by atoms with Crippen LogP contribution in [0, 0.1) is 11.8 Å². The number of ether oxygens (including phenoxy) is 7. The van der Waals surface area contributed by atoms with Crippen LogP contribution in [0.2, 0.25) is 0 Å².